The Morgan fingerprint density at radius 1 is 1.05 bits per heavy atom. The van der Waals surface area contributed by atoms with Crippen molar-refractivity contribution >= 4 is 5.57 Å². The smallest absolute Gasteiger partial charge is 0.207 e. The highest BCUT2D eigenvalue weighted by Gasteiger charge is 2.35. The van der Waals surface area contributed by atoms with Crippen LogP contribution in [0.5, 0.6) is 0 Å². The zero-order chi connectivity index (χ0) is 25.9. The lowest BCUT2D eigenvalue weighted by Gasteiger charge is -2.33. The second-order valence-electron chi connectivity index (χ2n) is 8.71. The molecule has 1 aliphatic heterocycles. The van der Waals surface area contributed by atoms with Gasteiger partial charge in [0.1, 0.15) is 17.5 Å². The van der Waals surface area contributed by atoms with E-state index in [1.54, 1.807) is 31.0 Å². The summed E-state index contributed by atoms with van der Waals surface area (Å²) in [5, 5.41) is 10.1. The van der Waals surface area contributed by atoms with Crippen molar-refractivity contribution in [1.82, 2.24) is 24.4 Å². The van der Waals surface area contributed by atoms with Gasteiger partial charge in [0.25, 0.3) is 0 Å². The van der Waals surface area contributed by atoms with Crippen LogP contribution in [-0.2, 0) is 4.74 Å². The van der Waals surface area contributed by atoms with Gasteiger partial charge in [0.2, 0.25) is 11.8 Å². The van der Waals surface area contributed by atoms with Crippen molar-refractivity contribution in [3.63, 3.8) is 0 Å². The molecule has 8 nitrogen and oxygen atoms in total. The number of ether oxygens (including phenoxy) is 1. The molecule has 3 aromatic heterocycles. The molecule has 1 aromatic carbocycles. The van der Waals surface area contributed by atoms with Gasteiger partial charge < -0.3 is 15.4 Å². The minimum absolute atomic E-state index is 0.0834. The van der Waals surface area contributed by atoms with Crippen LogP contribution in [0.25, 0.3) is 22.6 Å². The minimum Gasteiger partial charge on any atom is -0.424 e. The van der Waals surface area contributed by atoms with E-state index in [-0.39, 0.29) is 5.88 Å². The van der Waals surface area contributed by atoms with Crippen molar-refractivity contribution in [2.45, 2.75) is 5.92 Å². The number of benzene rings is 1. The Balaban J connectivity index is 1.60. The number of nitrogens with zero attached hydrogens (tertiary/aromatic N) is 6. The third-order valence-corrected chi connectivity index (χ3v) is 6.23. The highest BCUT2D eigenvalue weighted by atomic mass is 16.5. The van der Waals surface area contributed by atoms with E-state index in [9.17, 15) is 5.26 Å². The molecule has 0 radical (unpaired) electrons. The summed E-state index contributed by atoms with van der Waals surface area (Å²) in [4.78, 5) is 14.7. The highest BCUT2D eigenvalue weighted by Crippen LogP contribution is 2.45. The van der Waals surface area contributed by atoms with Crippen LogP contribution in [0.4, 0.5) is 0 Å². The number of allylic oxidation sites excluding steroid dienone is 3. The van der Waals surface area contributed by atoms with Crippen molar-refractivity contribution in [1.29, 1.82) is 5.26 Å². The lowest BCUT2D eigenvalue weighted by Crippen LogP contribution is -2.27. The maximum absolute atomic E-state index is 10.1. The molecule has 37 heavy (non-hydrogen) atoms. The summed E-state index contributed by atoms with van der Waals surface area (Å²) in [6, 6.07) is 17.9. The van der Waals surface area contributed by atoms with Gasteiger partial charge in [0, 0.05) is 68.1 Å². The predicted molar refractivity (Wildman–Crippen MR) is 141 cm³/mol. The van der Waals surface area contributed by atoms with Gasteiger partial charge in [-0.1, -0.05) is 18.7 Å². The SMILES string of the molecule is C=C(C1=C(N(C)C)OC(N)=C(C#N)C1c1ccc(-n2ccnc2-c2cccnc2)cc1)c1ccncc1. The Kier molecular flexibility index (Phi) is 6.27. The second-order valence-corrected chi connectivity index (χ2v) is 8.71. The maximum atomic E-state index is 10.1. The average Bonchev–Trinajstić information content (AvgIpc) is 3.43. The Labute approximate surface area is 215 Å². The number of hydrogen-bond donors (Lipinski definition) is 1. The van der Waals surface area contributed by atoms with Crippen LogP contribution >= 0.6 is 0 Å². The molecule has 8 heteroatoms. The number of nitrogens with two attached hydrogens (primary N) is 1. The van der Waals surface area contributed by atoms with Crippen LogP contribution in [0.15, 0.2) is 115 Å². The first kappa shape index (κ1) is 23.6. The summed E-state index contributed by atoms with van der Waals surface area (Å²) in [6.45, 7) is 4.37. The van der Waals surface area contributed by atoms with Crippen LogP contribution in [0, 0.1) is 11.3 Å². The maximum Gasteiger partial charge on any atom is 0.207 e. The summed E-state index contributed by atoms with van der Waals surface area (Å²) < 4.78 is 7.95. The molecule has 0 fully saturated rings. The molecule has 0 bridgehead atoms. The summed E-state index contributed by atoms with van der Waals surface area (Å²) in [5.74, 6) is 0.947. The van der Waals surface area contributed by atoms with E-state index in [1.165, 1.54) is 0 Å². The lowest BCUT2D eigenvalue weighted by atomic mass is 9.79. The summed E-state index contributed by atoms with van der Waals surface area (Å²) in [7, 11) is 3.75. The molecule has 2 N–H and O–H groups in total. The number of aromatic nitrogens is 4. The Morgan fingerprint density at radius 3 is 2.46 bits per heavy atom. The van der Waals surface area contributed by atoms with Gasteiger partial charge in [0.05, 0.1) is 5.92 Å². The van der Waals surface area contributed by atoms with Gasteiger partial charge >= 0.3 is 0 Å². The van der Waals surface area contributed by atoms with Crippen molar-refractivity contribution in [2.24, 2.45) is 5.73 Å². The normalized spacial score (nSPS) is 15.2. The Morgan fingerprint density at radius 2 is 1.81 bits per heavy atom. The Bertz CT molecular complexity index is 1540. The topological polar surface area (TPSA) is 106 Å². The number of imidazole rings is 1. The highest BCUT2D eigenvalue weighted by molar-refractivity contribution is 5.81. The molecule has 5 rings (SSSR count). The molecule has 1 atom stereocenters. The molecule has 1 aliphatic rings. The number of nitriles is 1. The first-order valence-corrected chi connectivity index (χ1v) is 11.6. The molecule has 182 valence electrons. The van der Waals surface area contributed by atoms with Gasteiger partial charge in [-0.2, -0.15) is 5.26 Å². The van der Waals surface area contributed by atoms with Gasteiger partial charge in [0.15, 0.2) is 0 Å². The van der Waals surface area contributed by atoms with Crippen LogP contribution < -0.4 is 5.73 Å². The fraction of sp³-hybridized carbons (Fsp3) is 0.103. The van der Waals surface area contributed by atoms with Crippen LogP contribution in [0.3, 0.4) is 0 Å². The molecule has 0 saturated carbocycles. The van der Waals surface area contributed by atoms with E-state index in [0.29, 0.717) is 11.5 Å². The van der Waals surface area contributed by atoms with E-state index in [4.69, 9.17) is 10.5 Å². The van der Waals surface area contributed by atoms with Crippen molar-refractivity contribution in [3.05, 3.63) is 126 Å². The van der Waals surface area contributed by atoms with Gasteiger partial charge in [-0.05, 0) is 53.1 Å². The molecule has 0 aliphatic carbocycles. The quantitative estimate of drug-likeness (QED) is 0.423. The number of pyridine rings is 2. The first-order valence-electron chi connectivity index (χ1n) is 11.6. The third kappa shape index (κ3) is 4.34. The van der Waals surface area contributed by atoms with Gasteiger partial charge in [-0.25, -0.2) is 4.98 Å². The minimum atomic E-state index is -0.466. The zero-order valence-electron chi connectivity index (χ0n) is 20.5. The monoisotopic (exact) mass is 487 g/mol. The van der Waals surface area contributed by atoms with E-state index in [2.05, 4.69) is 27.6 Å². The van der Waals surface area contributed by atoms with Crippen molar-refractivity contribution in [3.8, 4) is 23.1 Å². The summed E-state index contributed by atoms with van der Waals surface area (Å²) in [6.07, 6.45) is 10.6. The van der Waals surface area contributed by atoms with E-state index in [1.807, 2.05) is 78.3 Å². The summed E-state index contributed by atoms with van der Waals surface area (Å²) >= 11 is 0. The van der Waals surface area contributed by atoms with Crippen LogP contribution in [0.1, 0.15) is 17.0 Å². The molecule has 4 heterocycles. The third-order valence-electron chi connectivity index (χ3n) is 6.23. The first-order chi connectivity index (χ1) is 18.0. The Hall–Kier alpha value is -5.16. The molecular formula is C29H25N7O. The average molecular weight is 488 g/mol. The molecule has 4 aromatic rings. The second kappa shape index (κ2) is 9.84. The van der Waals surface area contributed by atoms with Gasteiger partial charge in [-0.15, -0.1) is 0 Å². The number of rotatable bonds is 6. The molecule has 0 saturated heterocycles. The van der Waals surface area contributed by atoms with E-state index in [0.717, 1.165) is 39.3 Å². The predicted octanol–water partition coefficient (Wildman–Crippen LogP) is 4.62. The zero-order valence-corrected chi connectivity index (χ0v) is 20.5. The molecule has 0 spiro atoms. The standard InChI is InChI=1S/C29H25N7O/c1-19(20-10-13-32-14-11-20)25-26(24(17-30)27(31)37-29(25)35(2)3)21-6-8-23(9-7-21)36-16-15-34-28(36)22-5-4-12-33-18-22/h4-16,18,26H,1,31H2,2-3H3. The fourth-order valence-corrected chi connectivity index (χ4v) is 4.47. The fourth-order valence-electron chi connectivity index (χ4n) is 4.47. The molecular weight excluding hydrogens is 462 g/mol. The van der Waals surface area contributed by atoms with Gasteiger partial charge in [-0.3, -0.25) is 14.5 Å². The summed E-state index contributed by atoms with van der Waals surface area (Å²) in [5.41, 5.74) is 11.7. The van der Waals surface area contributed by atoms with Crippen molar-refractivity contribution < 1.29 is 4.74 Å². The van der Waals surface area contributed by atoms with Crippen LogP contribution in [-0.4, -0.2) is 38.5 Å². The van der Waals surface area contributed by atoms with E-state index >= 15 is 0 Å². The number of hydrogen-bond acceptors (Lipinski definition) is 7. The largest absolute Gasteiger partial charge is 0.424 e. The van der Waals surface area contributed by atoms with E-state index < -0.39 is 5.92 Å². The van der Waals surface area contributed by atoms with Crippen molar-refractivity contribution in [2.75, 3.05) is 14.1 Å². The lowest BCUT2D eigenvalue weighted by molar-refractivity contribution is 0.187. The van der Waals surface area contributed by atoms with Crippen LogP contribution in [0.2, 0.25) is 0 Å². The molecule has 1 unspecified atom stereocenters. The molecule has 0 amide bonds.